The van der Waals surface area contributed by atoms with Crippen molar-refractivity contribution in [1.29, 1.82) is 0 Å². The number of hydrogen-bond donors (Lipinski definition) is 0. The van der Waals surface area contributed by atoms with Gasteiger partial charge < -0.3 is 4.74 Å². The lowest BCUT2D eigenvalue weighted by Gasteiger charge is -2.08. The maximum absolute atomic E-state index is 5.20. The molecule has 2 heterocycles. The van der Waals surface area contributed by atoms with Gasteiger partial charge in [0, 0.05) is 29.8 Å². The molecule has 0 aliphatic heterocycles. The summed E-state index contributed by atoms with van der Waals surface area (Å²) < 4.78 is 7.49. The van der Waals surface area contributed by atoms with Crippen LogP contribution in [0.15, 0.2) is 53.9 Å². The van der Waals surface area contributed by atoms with Crippen LogP contribution >= 0.6 is 11.8 Å². The number of benzene rings is 1. The molecule has 0 bridgehead atoms. The first kappa shape index (κ1) is 16.1. The third-order valence-electron chi connectivity index (χ3n) is 4.28. The number of ether oxygens (including phenoxy) is 1. The van der Waals surface area contributed by atoms with Crippen molar-refractivity contribution in [2.75, 3.05) is 12.9 Å². The smallest absolute Gasteiger partial charge is 0.191 e. The van der Waals surface area contributed by atoms with Crippen LogP contribution < -0.4 is 4.74 Å². The van der Waals surface area contributed by atoms with Crippen LogP contribution in [0.5, 0.6) is 5.75 Å². The molecule has 0 N–H and O–H groups in total. The van der Waals surface area contributed by atoms with Gasteiger partial charge in [0.2, 0.25) is 0 Å². The van der Waals surface area contributed by atoms with Crippen molar-refractivity contribution >= 4 is 11.8 Å². The van der Waals surface area contributed by atoms with E-state index in [2.05, 4.69) is 31.9 Å². The minimum atomic E-state index is 0.536. The Morgan fingerprint density at radius 1 is 1.16 bits per heavy atom. The summed E-state index contributed by atoms with van der Waals surface area (Å²) in [6.45, 7) is 0. The van der Waals surface area contributed by atoms with Crippen molar-refractivity contribution in [2.45, 2.75) is 30.5 Å². The third kappa shape index (κ3) is 3.69. The predicted molar refractivity (Wildman–Crippen MR) is 98.9 cm³/mol. The van der Waals surface area contributed by atoms with Crippen molar-refractivity contribution in [3.63, 3.8) is 0 Å². The van der Waals surface area contributed by atoms with Crippen LogP contribution in [0.25, 0.3) is 11.4 Å². The van der Waals surface area contributed by atoms with Gasteiger partial charge in [-0.25, -0.2) is 0 Å². The Hall–Kier alpha value is -2.34. The van der Waals surface area contributed by atoms with Crippen LogP contribution in [0, 0.1) is 0 Å². The summed E-state index contributed by atoms with van der Waals surface area (Å²) in [5.74, 6) is 2.80. The van der Waals surface area contributed by atoms with Crippen LogP contribution in [0.2, 0.25) is 0 Å². The van der Waals surface area contributed by atoms with E-state index in [1.165, 1.54) is 18.4 Å². The van der Waals surface area contributed by atoms with Gasteiger partial charge in [-0.15, -0.1) is 10.2 Å². The molecule has 0 spiro atoms. The van der Waals surface area contributed by atoms with Gasteiger partial charge in [0.05, 0.1) is 7.11 Å². The number of hydrogen-bond acceptors (Lipinski definition) is 5. The number of thioether (sulfide) groups is 1. The third-order valence-corrected chi connectivity index (χ3v) is 5.22. The lowest BCUT2D eigenvalue weighted by Crippen LogP contribution is -2.00. The maximum atomic E-state index is 5.20. The molecule has 1 saturated carbocycles. The highest BCUT2D eigenvalue weighted by Gasteiger charge is 2.30. The second-order valence-electron chi connectivity index (χ2n) is 6.10. The fourth-order valence-electron chi connectivity index (χ4n) is 2.78. The van der Waals surface area contributed by atoms with Gasteiger partial charge in [0.15, 0.2) is 11.0 Å². The minimum absolute atomic E-state index is 0.536. The average molecular weight is 352 g/mol. The average Bonchev–Trinajstić information content (AvgIpc) is 3.43. The Kier molecular flexibility index (Phi) is 4.70. The van der Waals surface area contributed by atoms with Crippen LogP contribution in [0.4, 0.5) is 0 Å². The highest BCUT2D eigenvalue weighted by Crippen LogP contribution is 2.41. The first-order valence-electron chi connectivity index (χ1n) is 8.46. The lowest BCUT2D eigenvalue weighted by atomic mass is 10.2. The van der Waals surface area contributed by atoms with Crippen LogP contribution in [-0.2, 0) is 6.42 Å². The van der Waals surface area contributed by atoms with Crippen molar-refractivity contribution in [1.82, 2.24) is 19.7 Å². The highest BCUT2D eigenvalue weighted by molar-refractivity contribution is 7.99. The zero-order valence-electron chi connectivity index (χ0n) is 14.1. The highest BCUT2D eigenvalue weighted by atomic mass is 32.2. The quantitative estimate of drug-likeness (QED) is 0.601. The Balaban J connectivity index is 1.46. The normalized spacial score (nSPS) is 13.8. The summed E-state index contributed by atoms with van der Waals surface area (Å²) in [4.78, 5) is 4.21. The molecular weight excluding hydrogens is 332 g/mol. The van der Waals surface area contributed by atoms with Gasteiger partial charge >= 0.3 is 0 Å². The first-order valence-corrected chi connectivity index (χ1v) is 9.45. The van der Waals surface area contributed by atoms with Gasteiger partial charge in [-0.05, 0) is 49.1 Å². The summed E-state index contributed by atoms with van der Waals surface area (Å²) in [7, 11) is 1.69. The predicted octanol–water partition coefficient (Wildman–Crippen LogP) is 4.02. The van der Waals surface area contributed by atoms with Gasteiger partial charge in [-0.3, -0.25) is 9.55 Å². The molecular formula is C19H20N4OS. The van der Waals surface area contributed by atoms with Gasteiger partial charge in [0.25, 0.3) is 0 Å². The summed E-state index contributed by atoms with van der Waals surface area (Å²) in [5.41, 5.74) is 2.34. The Morgan fingerprint density at radius 2 is 2.00 bits per heavy atom. The van der Waals surface area contributed by atoms with E-state index in [1.807, 2.05) is 30.5 Å². The number of rotatable bonds is 7. The Morgan fingerprint density at radius 3 is 2.68 bits per heavy atom. The fraction of sp³-hybridized carbons (Fsp3) is 0.316. The molecule has 0 unspecified atom stereocenters. The van der Waals surface area contributed by atoms with Gasteiger partial charge in [-0.2, -0.15) is 0 Å². The van der Waals surface area contributed by atoms with Crippen LogP contribution in [0.1, 0.15) is 24.4 Å². The molecule has 25 heavy (non-hydrogen) atoms. The minimum Gasteiger partial charge on any atom is -0.497 e. The van der Waals surface area contributed by atoms with E-state index in [1.54, 1.807) is 25.1 Å². The molecule has 0 radical (unpaired) electrons. The van der Waals surface area contributed by atoms with E-state index < -0.39 is 0 Å². The summed E-state index contributed by atoms with van der Waals surface area (Å²) >= 11 is 1.77. The van der Waals surface area contributed by atoms with E-state index in [0.717, 1.165) is 34.5 Å². The first-order chi connectivity index (χ1) is 12.3. The second-order valence-corrected chi connectivity index (χ2v) is 7.16. The molecule has 5 nitrogen and oxygen atoms in total. The Labute approximate surface area is 151 Å². The number of methoxy groups -OCH3 is 1. The molecule has 1 aliphatic rings. The fourth-order valence-corrected chi connectivity index (χ4v) is 3.78. The van der Waals surface area contributed by atoms with Crippen LogP contribution in [-0.4, -0.2) is 32.6 Å². The Bertz CT molecular complexity index is 828. The summed E-state index contributed by atoms with van der Waals surface area (Å²) in [5, 5.41) is 9.88. The zero-order valence-corrected chi connectivity index (χ0v) is 14.9. The van der Waals surface area contributed by atoms with Crippen molar-refractivity contribution in [2.24, 2.45) is 0 Å². The molecule has 2 aromatic heterocycles. The largest absolute Gasteiger partial charge is 0.497 e. The van der Waals surface area contributed by atoms with E-state index in [9.17, 15) is 0 Å². The number of nitrogens with zero attached hydrogens (tertiary/aromatic N) is 4. The molecule has 6 heteroatoms. The molecule has 128 valence electrons. The number of aromatic nitrogens is 4. The molecule has 1 fully saturated rings. The molecule has 0 amide bonds. The molecule has 3 aromatic rings. The van der Waals surface area contributed by atoms with Gasteiger partial charge in [0.1, 0.15) is 5.75 Å². The van der Waals surface area contributed by atoms with Crippen molar-refractivity contribution in [3.05, 3.63) is 54.4 Å². The molecule has 0 saturated heterocycles. The second kappa shape index (κ2) is 7.27. The molecule has 1 aliphatic carbocycles. The van der Waals surface area contributed by atoms with Crippen molar-refractivity contribution in [3.8, 4) is 17.1 Å². The SMILES string of the molecule is COc1ccc(CCSc2nnc(-c3cccnc3)n2C2CC2)cc1. The standard InChI is InChI=1S/C19H20N4OS/c1-24-17-8-4-14(5-9-17)10-12-25-19-22-21-18(23(19)16-6-7-16)15-3-2-11-20-13-15/h2-5,8-9,11,13,16H,6-7,10,12H2,1H3. The monoisotopic (exact) mass is 352 g/mol. The lowest BCUT2D eigenvalue weighted by molar-refractivity contribution is 0.414. The summed E-state index contributed by atoms with van der Waals surface area (Å²) in [6.07, 6.45) is 7.05. The van der Waals surface area contributed by atoms with E-state index in [0.29, 0.717) is 6.04 Å². The zero-order chi connectivity index (χ0) is 17.1. The van der Waals surface area contributed by atoms with Gasteiger partial charge in [-0.1, -0.05) is 23.9 Å². The van der Waals surface area contributed by atoms with E-state index >= 15 is 0 Å². The number of aryl methyl sites for hydroxylation is 1. The van der Waals surface area contributed by atoms with Crippen LogP contribution in [0.3, 0.4) is 0 Å². The summed E-state index contributed by atoms with van der Waals surface area (Å²) in [6, 6.07) is 12.8. The molecule has 4 rings (SSSR count). The van der Waals surface area contributed by atoms with E-state index in [4.69, 9.17) is 4.74 Å². The van der Waals surface area contributed by atoms with E-state index in [-0.39, 0.29) is 0 Å². The molecule has 1 aromatic carbocycles. The topological polar surface area (TPSA) is 52.8 Å². The maximum Gasteiger partial charge on any atom is 0.191 e. The molecule has 0 atom stereocenters. The number of pyridine rings is 1. The van der Waals surface area contributed by atoms with Crippen molar-refractivity contribution < 1.29 is 4.74 Å².